The lowest BCUT2D eigenvalue weighted by Crippen LogP contribution is -1.90. The van der Waals surface area contributed by atoms with E-state index in [4.69, 9.17) is 0 Å². The summed E-state index contributed by atoms with van der Waals surface area (Å²) >= 11 is 0. The van der Waals surface area contributed by atoms with E-state index in [0.717, 1.165) is 17.0 Å². The Kier molecular flexibility index (Phi) is 6.81. The Morgan fingerprint density at radius 1 is 1.33 bits per heavy atom. The Hall–Kier alpha value is -1.70. The van der Waals surface area contributed by atoms with Gasteiger partial charge in [-0.15, -0.1) is 0 Å². The van der Waals surface area contributed by atoms with Crippen LogP contribution < -0.4 is 0 Å². The van der Waals surface area contributed by atoms with Gasteiger partial charge in [0.15, 0.2) is 0 Å². The van der Waals surface area contributed by atoms with E-state index >= 15 is 0 Å². The Morgan fingerprint density at radius 2 is 2.00 bits per heavy atom. The molecular weight excluding hydrogens is 184 g/mol. The van der Waals surface area contributed by atoms with Crippen molar-refractivity contribution >= 4 is 12.4 Å². The zero-order chi connectivity index (χ0) is 11.7. The summed E-state index contributed by atoms with van der Waals surface area (Å²) in [6.45, 7) is 11.1. The smallest absolute Gasteiger partial charge is 0.0709 e. The lowest BCUT2D eigenvalue weighted by Gasteiger charge is -2.01. The molecule has 0 heterocycles. The predicted molar refractivity (Wildman–Crippen MR) is 69.8 cm³/mol. The van der Waals surface area contributed by atoms with E-state index in [-0.39, 0.29) is 0 Å². The Bertz CT molecular complexity index is 342. The van der Waals surface area contributed by atoms with Crippen molar-refractivity contribution in [2.45, 2.75) is 13.8 Å². The van der Waals surface area contributed by atoms with E-state index in [9.17, 15) is 0 Å². The van der Waals surface area contributed by atoms with Crippen LogP contribution in [0.25, 0.3) is 0 Å². The monoisotopic (exact) mass is 202 g/mol. The van der Waals surface area contributed by atoms with Crippen molar-refractivity contribution in [2.75, 3.05) is 7.05 Å². The van der Waals surface area contributed by atoms with Crippen LogP contribution in [0.3, 0.4) is 0 Å². The van der Waals surface area contributed by atoms with E-state index in [1.54, 1.807) is 13.1 Å². The Morgan fingerprint density at radius 3 is 2.40 bits per heavy atom. The summed E-state index contributed by atoms with van der Waals surface area (Å²) in [7, 11) is 1.75. The van der Waals surface area contributed by atoms with Gasteiger partial charge in [0.2, 0.25) is 0 Å². The Balaban J connectivity index is 5.11. The number of nitrogens with zero attached hydrogens (tertiary/aromatic N) is 2. The molecule has 2 heteroatoms. The standard InChI is InChI=1S/C13H18N2/c1-6-8-9-12(7-2)13(15-5)10-11(3)14-4/h6-10H,1,5H2,2-4H3/b9-8-,12-7+,13-10-,14-11?. The Labute approximate surface area is 92.2 Å². The first-order valence-electron chi connectivity index (χ1n) is 4.77. The van der Waals surface area contributed by atoms with Gasteiger partial charge in [0.25, 0.3) is 0 Å². The van der Waals surface area contributed by atoms with Gasteiger partial charge in [-0.3, -0.25) is 9.98 Å². The molecule has 0 aliphatic rings. The number of hydrogen-bond acceptors (Lipinski definition) is 2. The molecule has 0 aromatic carbocycles. The first-order valence-corrected chi connectivity index (χ1v) is 4.77. The van der Waals surface area contributed by atoms with Crippen molar-refractivity contribution in [3.8, 4) is 0 Å². The summed E-state index contributed by atoms with van der Waals surface area (Å²) in [5.74, 6) is 0. The highest BCUT2D eigenvalue weighted by Gasteiger charge is 1.98. The maximum absolute atomic E-state index is 4.05. The molecule has 0 bridgehead atoms. The minimum absolute atomic E-state index is 0.818. The molecule has 15 heavy (non-hydrogen) atoms. The molecule has 0 saturated carbocycles. The van der Waals surface area contributed by atoms with Crippen LogP contribution in [0.2, 0.25) is 0 Å². The molecule has 0 aromatic heterocycles. The molecule has 0 aliphatic heterocycles. The van der Waals surface area contributed by atoms with Gasteiger partial charge in [-0.1, -0.05) is 30.9 Å². The second kappa shape index (κ2) is 7.68. The summed E-state index contributed by atoms with van der Waals surface area (Å²) in [5.41, 5.74) is 2.75. The third-order valence-corrected chi connectivity index (χ3v) is 1.89. The van der Waals surface area contributed by atoms with Crippen LogP contribution in [-0.4, -0.2) is 19.5 Å². The third-order valence-electron chi connectivity index (χ3n) is 1.89. The van der Waals surface area contributed by atoms with Crippen molar-refractivity contribution in [1.29, 1.82) is 0 Å². The molecule has 0 N–H and O–H groups in total. The van der Waals surface area contributed by atoms with Crippen molar-refractivity contribution < 1.29 is 0 Å². The molecule has 80 valence electrons. The zero-order valence-electron chi connectivity index (χ0n) is 9.70. The van der Waals surface area contributed by atoms with Gasteiger partial charge in [0, 0.05) is 12.8 Å². The second-order valence-corrected chi connectivity index (χ2v) is 2.89. The molecule has 0 aliphatic carbocycles. The number of rotatable bonds is 5. The second-order valence-electron chi connectivity index (χ2n) is 2.89. The fraction of sp³-hybridized carbons (Fsp3) is 0.231. The number of aliphatic imine (C=N–C) groups is 2. The largest absolute Gasteiger partial charge is 0.293 e. The SMILES string of the molecule is C=C\C=C/C(=C\C)C(=C/C(C)=NC)/N=C. The van der Waals surface area contributed by atoms with E-state index in [1.807, 2.05) is 38.2 Å². The molecular formula is C13H18N2. The van der Waals surface area contributed by atoms with Crippen LogP contribution in [0.1, 0.15) is 13.8 Å². The van der Waals surface area contributed by atoms with Gasteiger partial charge in [-0.05, 0) is 32.2 Å². The van der Waals surface area contributed by atoms with Gasteiger partial charge in [-0.25, -0.2) is 0 Å². The van der Waals surface area contributed by atoms with Gasteiger partial charge >= 0.3 is 0 Å². The first-order chi connectivity index (χ1) is 7.19. The third kappa shape index (κ3) is 4.91. The van der Waals surface area contributed by atoms with Crippen LogP contribution in [0.15, 0.2) is 58.2 Å². The molecule has 0 radical (unpaired) electrons. The van der Waals surface area contributed by atoms with Crippen LogP contribution in [0.4, 0.5) is 0 Å². The molecule has 0 unspecified atom stereocenters. The molecule has 2 nitrogen and oxygen atoms in total. The lowest BCUT2D eigenvalue weighted by atomic mass is 10.1. The summed E-state index contributed by atoms with van der Waals surface area (Å²) in [6.07, 6.45) is 9.41. The molecule has 0 rings (SSSR count). The van der Waals surface area contributed by atoms with Gasteiger partial charge in [0.05, 0.1) is 5.70 Å². The number of allylic oxidation sites excluding steroid dienone is 5. The maximum atomic E-state index is 4.05. The average molecular weight is 202 g/mol. The topological polar surface area (TPSA) is 24.7 Å². The molecule has 0 atom stereocenters. The lowest BCUT2D eigenvalue weighted by molar-refractivity contribution is 1.34. The average Bonchev–Trinajstić information content (AvgIpc) is 2.27. The first kappa shape index (κ1) is 13.3. The normalized spacial score (nSPS) is 14.5. The summed E-state index contributed by atoms with van der Waals surface area (Å²) in [4.78, 5) is 8.03. The van der Waals surface area contributed by atoms with Crippen LogP contribution in [-0.2, 0) is 0 Å². The highest BCUT2D eigenvalue weighted by atomic mass is 14.7. The highest BCUT2D eigenvalue weighted by Crippen LogP contribution is 2.12. The van der Waals surface area contributed by atoms with Gasteiger partial charge in [0.1, 0.15) is 0 Å². The fourth-order valence-electron chi connectivity index (χ4n) is 0.984. The van der Waals surface area contributed by atoms with E-state index < -0.39 is 0 Å². The van der Waals surface area contributed by atoms with E-state index in [0.29, 0.717) is 0 Å². The maximum Gasteiger partial charge on any atom is 0.0709 e. The van der Waals surface area contributed by atoms with Crippen molar-refractivity contribution in [2.24, 2.45) is 9.98 Å². The molecule has 0 saturated heterocycles. The van der Waals surface area contributed by atoms with Crippen LogP contribution >= 0.6 is 0 Å². The summed E-state index contributed by atoms with van der Waals surface area (Å²) in [6, 6.07) is 0. The van der Waals surface area contributed by atoms with Crippen LogP contribution in [0, 0.1) is 0 Å². The highest BCUT2D eigenvalue weighted by molar-refractivity contribution is 5.94. The summed E-state index contributed by atoms with van der Waals surface area (Å²) in [5, 5.41) is 0. The van der Waals surface area contributed by atoms with Crippen molar-refractivity contribution in [1.82, 2.24) is 0 Å². The summed E-state index contributed by atoms with van der Waals surface area (Å²) < 4.78 is 0. The molecule has 0 aromatic rings. The predicted octanol–water partition coefficient (Wildman–Crippen LogP) is 3.35. The van der Waals surface area contributed by atoms with E-state index in [1.165, 1.54) is 0 Å². The molecule has 0 fully saturated rings. The number of hydrogen-bond donors (Lipinski definition) is 0. The zero-order valence-corrected chi connectivity index (χ0v) is 9.70. The molecule has 0 amide bonds. The minimum atomic E-state index is 0.818. The van der Waals surface area contributed by atoms with Crippen molar-refractivity contribution in [3.63, 3.8) is 0 Å². The quantitative estimate of drug-likeness (QED) is 0.482. The van der Waals surface area contributed by atoms with Crippen molar-refractivity contribution in [3.05, 3.63) is 48.2 Å². The van der Waals surface area contributed by atoms with Gasteiger partial charge in [-0.2, -0.15) is 0 Å². The molecule has 0 spiro atoms. The van der Waals surface area contributed by atoms with Gasteiger partial charge < -0.3 is 0 Å². The fourth-order valence-corrected chi connectivity index (χ4v) is 0.984. The van der Waals surface area contributed by atoms with E-state index in [2.05, 4.69) is 23.3 Å². The van der Waals surface area contributed by atoms with Crippen LogP contribution in [0.5, 0.6) is 0 Å². The minimum Gasteiger partial charge on any atom is -0.293 e.